The Labute approximate surface area is 208 Å². The topological polar surface area (TPSA) is 91.8 Å². The number of halogens is 1. The Kier molecular flexibility index (Phi) is 11.4. The number of ether oxygens (including phenoxy) is 1. The number of anilines is 1. The minimum absolute atomic E-state index is 0. The maximum Gasteiger partial charge on any atom is 0.213 e. The summed E-state index contributed by atoms with van der Waals surface area (Å²) < 4.78 is 33.0. The molecular formula is C23H33IN4O3S. The zero-order chi connectivity index (χ0) is 21.9. The third-order valence-corrected chi connectivity index (χ3v) is 6.39. The van der Waals surface area contributed by atoms with Gasteiger partial charge in [-0.25, -0.2) is 18.1 Å². The summed E-state index contributed by atoms with van der Waals surface area (Å²) in [7, 11) is -3.40. The Morgan fingerprint density at radius 2 is 1.84 bits per heavy atom. The summed E-state index contributed by atoms with van der Waals surface area (Å²) in [5, 5.41) is 6.37. The van der Waals surface area contributed by atoms with E-state index in [1.807, 2.05) is 49.4 Å². The van der Waals surface area contributed by atoms with E-state index in [0.29, 0.717) is 25.7 Å². The highest BCUT2D eigenvalue weighted by Gasteiger charge is 2.17. The quantitative estimate of drug-likeness (QED) is 0.243. The van der Waals surface area contributed by atoms with Gasteiger partial charge in [-0.1, -0.05) is 48.0 Å². The molecular weight excluding hydrogens is 539 g/mol. The van der Waals surface area contributed by atoms with E-state index in [4.69, 9.17) is 4.74 Å². The fourth-order valence-corrected chi connectivity index (χ4v) is 4.18. The smallest absolute Gasteiger partial charge is 0.213 e. The second-order valence-electron chi connectivity index (χ2n) is 7.72. The van der Waals surface area contributed by atoms with Crippen molar-refractivity contribution in [2.24, 2.45) is 4.99 Å². The maximum absolute atomic E-state index is 12.4. The molecule has 0 aromatic heterocycles. The Balaban J connectivity index is 0.00000363. The van der Waals surface area contributed by atoms with Crippen LogP contribution in [0.4, 0.5) is 5.69 Å². The molecule has 0 spiro atoms. The van der Waals surface area contributed by atoms with Gasteiger partial charge in [-0.2, -0.15) is 0 Å². The first-order valence-corrected chi connectivity index (χ1v) is 12.4. The van der Waals surface area contributed by atoms with Crippen molar-refractivity contribution in [1.82, 2.24) is 10.0 Å². The molecule has 3 rings (SSSR count). The first-order valence-electron chi connectivity index (χ1n) is 10.7. The van der Waals surface area contributed by atoms with E-state index in [0.717, 1.165) is 30.5 Å². The van der Waals surface area contributed by atoms with Gasteiger partial charge in [0.15, 0.2) is 5.96 Å². The van der Waals surface area contributed by atoms with Crippen molar-refractivity contribution >= 4 is 45.6 Å². The van der Waals surface area contributed by atoms with Gasteiger partial charge in [0.2, 0.25) is 10.0 Å². The summed E-state index contributed by atoms with van der Waals surface area (Å²) >= 11 is 0. The first-order chi connectivity index (χ1) is 15.0. The van der Waals surface area contributed by atoms with E-state index in [9.17, 15) is 8.42 Å². The second kappa shape index (κ2) is 13.8. The zero-order valence-corrected chi connectivity index (χ0v) is 21.6. The number of sulfonamides is 1. The monoisotopic (exact) mass is 572 g/mol. The van der Waals surface area contributed by atoms with Crippen LogP contribution in [0.25, 0.3) is 0 Å². The Morgan fingerprint density at radius 3 is 2.53 bits per heavy atom. The average Bonchev–Trinajstić information content (AvgIpc) is 2.78. The molecule has 1 unspecified atom stereocenters. The van der Waals surface area contributed by atoms with Crippen LogP contribution in [0.2, 0.25) is 0 Å². The van der Waals surface area contributed by atoms with Crippen LogP contribution in [0.5, 0.6) is 0 Å². The maximum atomic E-state index is 12.4. The number of aliphatic imine (C=N–C) groups is 1. The minimum atomic E-state index is -3.40. The lowest BCUT2D eigenvalue weighted by molar-refractivity contribution is 0.0200. The van der Waals surface area contributed by atoms with Crippen LogP contribution in [0, 0.1) is 6.92 Å². The molecule has 1 fully saturated rings. The van der Waals surface area contributed by atoms with Crippen LogP contribution < -0.4 is 15.4 Å². The van der Waals surface area contributed by atoms with Crippen LogP contribution in [0.3, 0.4) is 0 Å². The Hall–Kier alpha value is -1.69. The molecule has 0 aliphatic carbocycles. The van der Waals surface area contributed by atoms with Crippen molar-refractivity contribution in [3.05, 3.63) is 65.7 Å². The predicted octanol–water partition coefficient (Wildman–Crippen LogP) is 3.66. The molecule has 0 bridgehead atoms. The highest BCUT2D eigenvalue weighted by atomic mass is 127. The van der Waals surface area contributed by atoms with Crippen molar-refractivity contribution in [3.63, 3.8) is 0 Å². The SMILES string of the molecule is Cc1ccc(CN=C(NCCS(=O)(=O)NCC2CCCCO2)Nc2ccccc2)cc1.I. The number of nitrogens with one attached hydrogen (secondary N) is 3. The van der Waals surface area contributed by atoms with Crippen molar-refractivity contribution in [3.8, 4) is 0 Å². The van der Waals surface area contributed by atoms with Crippen LogP contribution in [0.15, 0.2) is 59.6 Å². The molecule has 0 saturated carbocycles. The van der Waals surface area contributed by atoms with E-state index < -0.39 is 10.0 Å². The van der Waals surface area contributed by atoms with Crippen molar-refractivity contribution in [2.45, 2.75) is 38.8 Å². The number of rotatable bonds is 9. The number of guanidine groups is 1. The standard InChI is InChI=1S/C23H32N4O3S.HI/c1-19-10-12-20(13-11-19)17-25-23(27-21-7-3-2-4-8-21)24-14-16-31(28,29)26-18-22-9-5-6-15-30-22;/h2-4,7-8,10-13,22,26H,5-6,9,14-18H2,1H3,(H2,24,25,27);1H. The van der Waals surface area contributed by atoms with Crippen LogP contribution >= 0.6 is 24.0 Å². The van der Waals surface area contributed by atoms with Gasteiger partial charge in [0.1, 0.15) is 0 Å². The highest BCUT2D eigenvalue weighted by Crippen LogP contribution is 2.12. The number of benzene rings is 2. The molecule has 9 heteroatoms. The van der Waals surface area contributed by atoms with E-state index >= 15 is 0 Å². The lowest BCUT2D eigenvalue weighted by Crippen LogP contribution is -2.40. The first kappa shape index (κ1) is 26.6. The lowest BCUT2D eigenvalue weighted by atomic mass is 10.1. The molecule has 7 nitrogen and oxygen atoms in total. The number of aryl methyl sites for hydroxylation is 1. The van der Waals surface area contributed by atoms with E-state index in [-0.39, 0.29) is 42.4 Å². The summed E-state index contributed by atoms with van der Waals surface area (Å²) in [5.41, 5.74) is 3.17. The Bertz CT molecular complexity index is 931. The number of nitrogens with zero attached hydrogens (tertiary/aromatic N) is 1. The summed E-state index contributed by atoms with van der Waals surface area (Å²) in [6.07, 6.45) is 3.01. The zero-order valence-electron chi connectivity index (χ0n) is 18.4. The van der Waals surface area contributed by atoms with Crippen LogP contribution in [0.1, 0.15) is 30.4 Å². The van der Waals surface area contributed by atoms with Crippen molar-refractivity contribution in [2.75, 3.05) is 30.8 Å². The molecule has 1 atom stereocenters. The molecule has 32 heavy (non-hydrogen) atoms. The molecule has 1 aliphatic heterocycles. The summed E-state index contributed by atoms with van der Waals surface area (Å²) in [6.45, 7) is 3.82. The number of hydrogen-bond donors (Lipinski definition) is 3. The van der Waals surface area contributed by atoms with E-state index in [2.05, 4.69) is 32.5 Å². The minimum Gasteiger partial charge on any atom is -0.377 e. The molecule has 0 amide bonds. The van der Waals surface area contributed by atoms with Gasteiger partial charge in [-0.3, -0.25) is 0 Å². The Morgan fingerprint density at radius 1 is 1.09 bits per heavy atom. The molecule has 2 aromatic carbocycles. The molecule has 1 aliphatic rings. The van der Waals surface area contributed by atoms with Gasteiger partial charge < -0.3 is 15.4 Å². The molecule has 1 heterocycles. The molecule has 3 N–H and O–H groups in total. The van der Waals surface area contributed by atoms with Crippen LogP contribution in [-0.2, 0) is 21.3 Å². The fourth-order valence-electron chi connectivity index (χ4n) is 3.23. The summed E-state index contributed by atoms with van der Waals surface area (Å²) in [6, 6.07) is 17.9. The van der Waals surface area contributed by atoms with E-state index in [1.165, 1.54) is 5.56 Å². The number of hydrogen-bond acceptors (Lipinski definition) is 4. The normalized spacial score (nSPS) is 16.8. The van der Waals surface area contributed by atoms with Crippen molar-refractivity contribution in [1.29, 1.82) is 0 Å². The summed E-state index contributed by atoms with van der Waals surface area (Å²) in [4.78, 5) is 4.62. The highest BCUT2D eigenvalue weighted by molar-refractivity contribution is 14.0. The van der Waals surface area contributed by atoms with E-state index in [1.54, 1.807) is 0 Å². The predicted molar refractivity (Wildman–Crippen MR) is 141 cm³/mol. The van der Waals surface area contributed by atoms with Gasteiger partial charge in [-0.15, -0.1) is 24.0 Å². The average molecular weight is 573 g/mol. The van der Waals surface area contributed by atoms with Gasteiger partial charge in [0, 0.05) is 25.4 Å². The van der Waals surface area contributed by atoms with Crippen molar-refractivity contribution < 1.29 is 13.2 Å². The third-order valence-electron chi connectivity index (χ3n) is 5.05. The largest absolute Gasteiger partial charge is 0.377 e. The summed E-state index contributed by atoms with van der Waals surface area (Å²) in [5.74, 6) is 0.498. The molecule has 176 valence electrons. The molecule has 2 aromatic rings. The van der Waals surface area contributed by atoms with Gasteiger partial charge in [-0.05, 0) is 43.9 Å². The van der Waals surface area contributed by atoms with Gasteiger partial charge in [0.25, 0.3) is 0 Å². The third kappa shape index (κ3) is 9.85. The lowest BCUT2D eigenvalue weighted by Gasteiger charge is -2.22. The van der Waals surface area contributed by atoms with Gasteiger partial charge >= 0.3 is 0 Å². The molecule has 0 radical (unpaired) electrons. The molecule has 1 saturated heterocycles. The van der Waals surface area contributed by atoms with Crippen LogP contribution in [-0.4, -0.2) is 45.9 Å². The van der Waals surface area contributed by atoms with Gasteiger partial charge in [0.05, 0.1) is 18.4 Å². The number of para-hydroxylation sites is 1. The fraction of sp³-hybridized carbons (Fsp3) is 0.435. The second-order valence-corrected chi connectivity index (χ2v) is 9.65.